The second-order valence-electron chi connectivity index (χ2n) is 4.76. The zero-order valence-electron chi connectivity index (χ0n) is 12.4. The van der Waals surface area contributed by atoms with Crippen molar-refractivity contribution in [1.29, 1.82) is 0 Å². The van der Waals surface area contributed by atoms with E-state index in [4.69, 9.17) is 9.84 Å². The zero-order chi connectivity index (χ0) is 15.2. The van der Waals surface area contributed by atoms with E-state index in [1.54, 1.807) is 12.1 Å². The number of rotatable bonds is 7. The highest BCUT2D eigenvalue weighted by molar-refractivity contribution is 5.71. The Bertz CT molecular complexity index is 620. The summed E-state index contributed by atoms with van der Waals surface area (Å²) < 4.78 is 7.72. The van der Waals surface area contributed by atoms with Gasteiger partial charge in [0.1, 0.15) is 12.4 Å². The second-order valence-corrected chi connectivity index (χ2v) is 4.76. The molecule has 0 unspecified atom stereocenters. The molecule has 0 bridgehead atoms. The molecular weight excluding hydrogens is 268 g/mol. The van der Waals surface area contributed by atoms with Gasteiger partial charge < -0.3 is 9.84 Å². The van der Waals surface area contributed by atoms with Crippen LogP contribution in [0.4, 0.5) is 0 Å². The Balaban J connectivity index is 2.13. The predicted octanol–water partition coefficient (Wildman–Crippen LogP) is 2.67. The van der Waals surface area contributed by atoms with Gasteiger partial charge in [-0.3, -0.25) is 9.48 Å². The van der Waals surface area contributed by atoms with Gasteiger partial charge in [-0.1, -0.05) is 25.1 Å². The van der Waals surface area contributed by atoms with Gasteiger partial charge in [0.15, 0.2) is 0 Å². The van der Waals surface area contributed by atoms with Crippen molar-refractivity contribution >= 4 is 5.97 Å². The number of benzene rings is 1. The van der Waals surface area contributed by atoms with E-state index in [9.17, 15) is 4.79 Å². The van der Waals surface area contributed by atoms with E-state index >= 15 is 0 Å². The summed E-state index contributed by atoms with van der Waals surface area (Å²) in [6.07, 6.45) is 0.846. The molecule has 1 aromatic carbocycles. The first-order valence-corrected chi connectivity index (χ1v) is 7.12. The lowest BCUT2D eigenvalue weighted by molar-refractivity contribution is -0.136. The van der Waals surface area contributed by atoms with Crippen molar-refractivity contribution in [3.63, 3.8) is 0 Å². The number of para-hydroxylation sites is 1. The molecule has 0 atom stereocenters. The quantitative estimate of drug-likeness (QED) is 0.850. The minimum absolute atomic E-state index is 0.0383. The topological polar surface area (TPSA) is 64.3 Å². The summed E-state index contributed by atoms with van der Waals surface area (Å²) in [6.45, 7) is 5.27. The van der Waals surface area contributed by atoms with Gasteiger partial charge in [0.05, 0.1) is 17.8 Å². The summed E-state index contributed by atoms with van der Waals surface area (Å²) in [7, 11) is 0. The molecule has 1 N–H and O–H groups in total. The summed E-state index contributed by atoms with van der Waals surface area (Å²) in [5.41, 5.74) is 2.72. The first-order chi connectivity index (χ1) is 10.1. The number of aliphatic carboxylic acids is 1. The van der Waals surface area contributed by atoms with Crippen LogP contribution in [0.3, 0.4) is 0 Å². The van der Waals surface area contributed by atoms with Crippen molar-refractivity contribution in [1.82, 2.24) is 9.78 Å². The molecule has 1 heterocycles. The maximum atomic E-state index is 10.9. The lowest BCUT2D eigenvalue weighted by Crippen LogP contribution is -2.08. The van der Waals surface area contributed by atoms with E-state index in [0.717, 1.165) is 24.4 Å². The summed E-state index contributed by atoms with van der Waals surface area (Å²) in [4.78, 5) is 10.9. The lowest BCUT2D eigenvalue weighted by Gasteiger charge is -2.11. The van der Waals surface area contributed by atoms with Gasteiger partial charge in [0, 0.05) is 12.1 Å². The largest absolute Gasteiger partial charge is 0.487 e. The molecule has 112 valence electrons. The Morgan fingerprint density at radius 1 is 1.33 bits per heavy atom. The Kier molecular flexibility index (Phi) is 4.98. The average Bonchev–Trinajstić information content (AvgIpc) is 2.88. The van der Waals surface area contributed by atoms with E-state index < -0.39 is 5.97 Å². The highest BCUT2D eigenvalue weighted by Gasteiger charge is 2.10. The Morgan fingerprint density at radius 3 is 2.76 bits per heavy atom. The fourth-order valence-electron chi connectivity index (χ4n) is 2.18. The van der Waals surface area contributed by atoms with Crippen LogP contribution in [0, 0.1) is 0 Å². The normalized spacial score (nSPS) is 10.6. The standard InChI is InChI=1S/C16H20N2O3/c1-3-13-10-14(18(4-2)17-13)11-21-15-8-6-5-7-12(15)9-16(19)20/h5-8,10H,3-4,9,11H2,1-2H3,(H,19,20). The summed E-state index contributed by atoms with van der Waals surface area (Å²) >= 11 is 0. The monoisotopic (exact) mass is 288 g/mol. The van der Waals surface area contributed by atoms with Crippen LogP contribution in [0.5, 0.6) is 5.75 Å². The van der Waals surface area contributed by atoms with Crippen LogP contribution >= 0.6 is 0 Å². The van der Waals surface area contributed by atoms with Gasteiger partial charge in [-0.2, -0.15) is 5.10 Å². The fraction of sp³-hybridized carbons (Fsp3) is 0.375. The molecule has 1 aromatic heterocycles. The van der Waals surface area contributed by atoms with Gasteiger partial charge in [0.2, 0.25) is 0 Å². The van der Waals surface area contributed by atoms with E-state index in [2.05, 4.69) is 12.0 Å². The second kappa shape index (κ2) is 6.92. The summed E-state index contributed by atoms with van der Waals surface area (Å²) in [5, 5.41) is 13.4. The van der Waals surface area contributed by atoms with Crippen LogP contribution in [-0.4, -0.2) is 20.9 Å². The lowest BCUT2D eigenvalue weighted by atomic mass is 10.1. The molecular formula is C16H20N2O3. The molecule has 0 saturated carbocycles. The smallest absolute Gasteiger partial charge is 0.307 e. The number of aryl methyl sites for hydroxylation is 2. The van der Waals surface area contributed by atoms with Crippen molar-refractivity contribution in [2.75, 3.05) is 0 Å². The zero-order valence-corrected chi connectivity index (χ0v) is 12.4. The van der Waals surface area contributed by atoms with Gasteiger partial charge in [0.25, 0.3) is 0 Å². The molecule has 0 saturated heterocycles. The average molecular weight is 288 g/mol. The van der Waals surface area contributed by atoms with Gasteiger partial charge in [-0.05, 0) is 25.5 Å². The molecule has 0 aliphatic heterocycles. The van der Waals surface area contributed by atoms with Crippen molar-refractivity contribution in [2.24, 2.45) is 0 Å². The number of carboxylic acid groups (broad SMARTS) is 1. The maximum Gasteiger partial charge on any atom is 0.307 e. The van der Waals surface area contributed by atoms with Crippen LogP contribution in [0.15, 0.2) is 30.3 Å². The summed E-state index contributed by atoms with van der Waals surface area (Å²) in [5.74, 6) is -0.250. The minimum atomic E-state index is -0.863. The molecule has 0 aliphatic rings. The van der Waals surface area contributed by atoms with Crippen molar-refractivity contribution in [2.45, 2.75) is 39.8 Å². The molecule has 21 heavy (non-hydrogen) atoms. The van der Waals surface area contributed by atoms with E-state index in [1.165, 1.54) is 0 Å². The molecule has 5 heteroatoms. The van der Waals surface area contributed by atoms with Crippen LogP contribution in [0.25, 0.3) is 0 Å². The molecule has 2 aromatic rings. The van der Waals surface area contributed by atoms with Crippen LogP contribution in [0.1, 0.15) is 30.8 Å². The van der Waals surface area contributed by atoms with Crippen LogP contribution in [-0.2, 0) is 30.8 Å². The number of carbonyl (C=O) groups is 1. The Labute approximate surface area is 124 Å². The van der Waals surface area contributed by atoms with E-state index in [0.29, 0.717) is 17.9 Å². The Morgan fingerprint density at radius 2 is 2.10 bits per heavy atom. The Hall–Kier alpha value is -2.30. The molecule has 2 rings (SSSR count). The number of nitrogens with zero attached hydrogens (tertiary/aromatic N) is 2. The number of aromatic nitrogens is 2. The van der Waals surface area contributed by atoms with Crippen molar-refractivity contribution in [3.05, 3.63) is 47.3 Å². The van der Waals surface area contributed by atoms with E-state index in [-0.39, 0.29) is 6.42 Å². The van der Waals surface area contributed by atoms with Crippen LogP contribution in [0.2, 0.25) is 0 Å². The van der Waals surface area contributed by atoms with Crippen molar-refractivity contribution < 1.29 is 14.6 Å². The third kappa shape index (κ3) is 3.84. The number of carboxylic acids is 1. The number of hydrogen-bond donors (Lipinski definition) is 1. The van der Waals surface area contributed by atoms with E-state index in [1.807, 2.05) is 29.8 Å². The predicted molar refractivity (Wildman–Crippen MR) is 79.4 cm³/mol. The first-order valence-electron chi connectivity index (χ1n) is 7.12. The SMILES string of the molecule is CCc1cc(COc2ccccc2CC(=O)O)n(CC)n1. The third-order valence-corrected chi connectivity index (χ3v) is 3.27. The fourth-order valence-corrected chi connectivity index (χ4v) is 2.18. The van der Waals surface area contributed by atoms with Gasteiger partial charge in [-0.25, -0.2) is 0 Å². The first kappa shape index (κ1) is 15.1. The van der Waals surface area contributed by atoms with Crippen LogP contribution < -0.4 is 4.74 Å². The van der Waals surface area contributed by atoms with Crippen molar-refractivity contribution in [3.8, 4) is 5.75 Å². The molecule has 5 nitrogen and oxygen atoms in total. The molecule has 0 fully saturated rings. The number of hydrogen-bond acceptors (Lipinski definition) is 3. The molecule has 0 spiro atoms. The summed E-state index contributed by atoms with van der Waals surface area (Å²) in [6, 6.07) is 9.26. The minimum Gasteiger partial charge on any atom is -0.487 e. The highest BCUT2D eigenvalue weighted by atomic mass is 16.5. The molecule has 0 aliphatic carbocycles. The van der Waals surface area contributed by atoms with Gasteiger partial charge in [-0.15, -0.1) is 0 Å². The molecule has 0 amide bonds. The maximum absolute atomic E-state index is 10.9. The number of ether oxygens (including phenoxy) is 1. The highest BCUT2D eigenvalue weighted by Crippen LogP contribution is 2.20. The third-order valence-electron chi connectivity index (χ3n) is 3.27. The van der Waals surface area contributed by atoms with Gasteiger partial charge >= 0.3 is 5.97 Å². The molecule has 0 radical (unpaired) electrons.